The average molecular weight is 418 g/mol. The molecule has 0 radical (unpaired) electrons. The van der Waals surface area contributed by atoms with Crippen LogP contribution in [0.25, 0.3) is 11.4 Å². The third kappa shape index (κ3) is 4.99. The summed E-state index contributed by atoms with van der Waals surface area (Å²) in [6, 6.07) is 13.5. The first-order chi connectivity index (χ1) is 15.2. The molecule has 0 aliphatic carbocycles. The third-order valence-corrected chi connectivity index (χ3v) is 5.60. The van der Waals surface area contributed by atoms with Crippen molar-refractivity contribution in [2.24, 2.45) is 0 Å². The van der Waals surface area contributed by atoms with Crippen molar-refractivity contribution in [2.75, 3.05) is 32.6 Å². The van der Waals surface area contributed by atoms with Gasteiger partial charge in [0, 0.05) is 50.1 Å². The second-order valence-electron chi connectivity index (χ2n) is 7.70. The van der Waals surface area contributed by atoms with E-state index in [9.17, 15) is 4.79 Å². The van der Waals surface area contributed by atoms with Crippen molar-refractivity contribution >= 4 is 11.7 Å². The van der Waals surface area contributed by atoms with Crippen LogP contribution < -0.4 is 10.1 Å². The number of carbonyl (C=O) groups excluding carboxylic acids is 1. The number of nitrogens with one attached hydrogen (secondary N) is 1. The van der Waals surface area contributed by atoms with Crippen LogP contribution in [0.5, 0.6) is 5.75 Å². The Morgan fingerprint density at radius 2 is 2.13 bits per heavy atom. The first-order valence-corrected chi connectivity index (χ1v) is 10.5. The predicted molar refractivity (Wildman–Crippen MR) is 120 cm³/mol. The summed E-state index contributed by atoms with van der Waals surface area (Å²) < 4.78 is 5.28. The third-order valence-electron chi connectivity index (χ3n) is 5.60. The van der Waals surface area contributed by atoms with Gasteiger partial charge in [-0.25, -0.2) is 9.97 Å². The Balaban J connectivity index is 1.52. The monoisotopic (exact) mass is 417 g/mol. The topological polar surface area (TPSA) is 80.2 Å². The molecule has 0 saturated carbocycles. The highest BCUT2D eigenvalue weighted by molar-refractivity contribution is 5.79. The Morgan fingerprint density at radius 1 is 1.23 bits per heavy atom. The van der Waals surface area contributed by atoms with E-state index in [1.165, 1.54) is 0 Å². The van der Waals surface area contributed by atoms with Gasteiger partial charge in [-0.2, -0.15) is 0 Å². The first-order valence-electron chi connectivity index (χ1n) is 10.5. The van der Waals surface area contributed by atoms with Crippen LogP contribution in [0.4, 0.5) is 5.82 Å². The van der Waals surface area contributed by atoms with E-state index in [-0.39, 0.29) is 11.8 Å². The second kappa shape index (κ2) is 9.55. The summed E-state index contributed by atoms with van der Waals surface area (Å²) in [6.07, 6.45) is 5.82. The number of pyridine rings is 1. The van der Waals surface area contributed by atoms with Crippen LogP contribution in [0.1, 0.15) is 30.0 Å². The SMILES string of the molecule is CNc1cc([C@@H]2CCCN(C(=O)Cc3cccc(OC)c3)C2)nc(-c2cccnc2)n1. The molecule has 1 fully saturated rings. The minimum atomic E-state index is 0.133. The molecule has 1 N–H and O–H groups in total. The number of carbonyl (C=O) groups is 1. The Labute approximate surface area is 182 Å². The molecule has 1 aliphatic rings. The summed E-state index contributed by atoms with van der Waals surface area (Å²) in [5, 5.41) is 3.13. The molecular weight excluding hydrogens is 390 g/mol. The lowest BCUT2D eigenvalue weighted by atomic mass is 9.93. The molecule has 7 heteroatoms. The lowest BCUT2D eigenvalue weighted by Gasteiger charge is -2.33. The van der Waals surface area contributed by atoms with E-state index in [0.29, 0.717) is 18.8 Å². The maximum absolute atomic E-state index is 13.0. The van der Waals surface area contributed by atoms with Gasteiger partial charge in [-0.3, -0.25) is 9.78 Å². The van der Waals surface area contributed by atoms with E-state index < -0.39 is 0 Å². The molecule has 1 saturated heterocycles. The zero-order valence-corrected chi connectivity index (χ0v) is 17.9. The van der Waals surface area contributed by atoms with E-state index in [0.717, 1.165) is 47.8 Å². The van der Waals surface area contributed by atoms with Crippen molar-refractivity contribution in [1.82, 2.24) is 19.9 Å². The Hall–Kier alpha value is -3.48. The molecule has 0 bridgehead atoms. The lowest BCUT2D eigenvalue weighted by Crippen LogP contribution is -2.40. The van der Waals surface area contributed by atoms with Crippen molar-refractivity contribution in [2.45, 2.75) is 25.2 Å². The average Bonchev–Trinajstić information content (AvgIpc) is 2.84. The van der Waals surface area contributed by atoms with E-state index in [2.05, 4.69) is 15.3 Å². The molecule has 1 amide bonds. The quantitative estimate of drug-likeness (QED) is 0.661. The fraction of sp³-hybridized carbons (Fsp3) is 0.333. The van der Waals surface area contributed by atoms with Crippen LogP contribution >= 0.6 is 0 Å². The highest BCUT2D eigenvalue weighted by atomic mass is 16.5. The number of nitrogens with zero attached hydrogens (tertiary/aromatic N) is 4. The van der Waals surface area contributed by atoms with E-state index in [4.69, 9.17) is 9.72 Å². The van der Waals surface area contributed by atoms with Gasteiger partial charge < -0.3 is 15.0 Å². The fourth-order valence-electron chi connectivity index (χ4n) is 3.94. The summed E-state index contributed by atoms with van der Waals surface area (Å²) >= 11 is 0. The minimum absolute atomic E-state index is 0.133. The largest absolute Gasteiger partial charge is 0.497 e. The van der Waals surface area contributed by atoms with Crippen molar-refractivity contribution in [3.63, 3.8) is 0 Å². The Bertz CT molecular complexity index is 1040. The predicted octanol–water partition coefficient (Wildman–Crippen LogP) is 3.54. The molecule has 7 nitrogen and oxygen atoms in total. The highest BCUT2D eigenvalue weighted by Crippen LogP contribution is 2.29. The molecule has 1 aromatic carbocycles. The van der Waals surface area contributed by atoms with Gasteiger partial charge in [0.25, 0.3) is 0 Å². The number of piperidine rings is 1. The van der Waals surface area contributed by atoms with Crippen LogP contribution in [0, 0.1) is 0 Å². The van der Waals surface area contributed by atoms with Crippen molar-refractivity contribution < 1.29 is 9.53 Å². The molecule has 160 valence electrons. The number of hydrogen-bond donors (Lipinski definition) is 1. The number of rotatable bonds is 6. The number of benzene rings is 1. The molecule has 0 unspecified atom stereocenters. The normalized spacial score (nSPS) is 16.1. The van der Waals surface area contributed by atoms with E-state index >= 15 is 0 Å². The first kappa shape index (κ1) is 20.8. The van der Waals surface area contributed by atoms with Crippen LogP contribution in [0.3, 0.4) is 0 Å². The smallest absolute Gasteiger partial charge is 0.227 e. The number of ether oxygens (including phenoxy) is 1. The standard InChI is InChI=1S/C24H27N5O2/c1-25-22-14-21(27-24(28-22)18-7-4-10-26-15-18)19-8-5-11-29(16-19)23(30)13-17-6-3-9-20(12-17)31-2/h3-4,6-7,9-10,12,14-15,19H,5,8,11,13,16H2,1-2H3,(H,25,27,28)/t19-/m1/s1. The fourth-order valence-corrected chi connectivity index (χ4v) is 3.94. The van der Waals surface area contributed by atoms with Crippen molar-refractivity contribution in [1.29, 1.82) is 0 Å². The van der Waals surface area contributed by atoms with Crippen molar-refractivity contribution in [3.8, 4) is 17.1 Å². The van der Waals surface area contributed by atoms with Gasteiger partial charge in [-0.1, -0.05) is 12.1 Å². The van der Waals surface area contributed by atoms with Crippen molar-refractivity contribution in [3.05, 3.63) is 66.1 Å². The molecular formula is C24H27N5O2. The summed E-state index contributed by atoms with van der Waals surface area (Å²) in [4.78, 5) is 28.5. The number of likely N-dealkylation sites (tertiary alicyclic amines) is 1. The molecule has 2 aromatic heterocycles. The van der Waals surface area contributed by atoms with Gasteiger partial charge in [-0.15, -0.1) is 0 Å². The molecule has 3 aromatic rings. The Kier molecular flexibility index (Phi) is 6.40. The van der Waals surface area contributed by atoms with Gasteiger partial charge in [0.15, 0.2) is 5.82 Å². The van der Waals surface area contributed by atoms with Gasteiger partial charge in [0.1, 0.15) is 11.6 Å². The molecule has 1 atom stereocenters. The van der Waals surface area contributed by atoms with Crippen LogP contribution in [0.15, 0.2) is 54.9 Å². The number of aromatic nitrogens is 3. The maximum Gasteiger partial charge on any atom is 0.227 e. The van der Waals surface area contributed by atoms with Crippen LogP contribution in [-0.4, -0.2) is 53.0 Å². The lowest BCUT2D eigenvalue weighted by molar-refractivity contribution is -0.131. The molecule has 31 heavy (non-hydrogen) atoms. The highest BCUT2D eigenvalue weighted by Gasteiger charge is 2.26. The van der Waals surface area contributed by atoms with Gasteiger partial charge in [0.2, 0.25) is 5.91 Å². The summed E-state index contributed by atoms with van der Waals surface area (Å²) in [5.74, 6) is 2.49. The summed E-state index contributed by atoms with van der Waals surface area (Å²) in [5.41, 5.74) is 2.80. The molecule has 3 heterocycles. The van der Waals surface area contributed by atoms with Gasteiger partial charge in [0.05, 0.1) is 19.2 Å². The number of anilines is 1. The summed E-state index contributed by atoms with van der Waals surface area (Å²) in [7, 11) is 3.49. The van der Waals surface area contributed by atoms with Crippen LogP contribution in [0.2, 0.25) is 0 Å². The number of hydrogen-bond acceptors (Lipinski definition) is 6. The number of methoxy groups -OCH3 is 1. The van der Waals surface area contributed by atoms with Crippen LogP contribution in [-0.2, 0) is 11.2 Å². The zero-order valence-electron chi connectivity index (χ0n) is 17.9. The molecule has 4 rings (SSSR count). The Morgan fingerprint density at radius 3 is 2.90 bits per heavy atom. The second-order valence-corrected chi connectivity index (χ2v) is 7.70. The van der Waals surface area contributed by atoms with E-state index in [1.807, 2.05) is 54.4 Å². The van der Waals surface area contributed by atoms with Gasteiger partial charge in [-0.05, 0) is 42.7 Å². The zero-order chi connectivity index (χ0) is 21.6. The number of amides is 1. The van der Waals surface area contributed by atoms with E-state index in [1.54, 1.807) is 19.5 Å². The maximum atomic E-state index is 13.0. The summed E-state index contributed by atoms with van der Waals surface area (Å²) in [6.45, 7) is 1.44. The molecule has 1 aliphatic heterocycles. The molecule has 0 spiro atoms. The minimum Gasteiger partial charge on any atom is -0.497 e. The van der Waals surface area contributed by atoms with Gasteiger partial charge >= 0.3 is 0 Å².